The highest BCUT2D eigenvalue weighted by Gasteiger charge is 1.98. The number of hydrogen-bond acceptors (Lipinski definition) is 4. The van der Waals surface area contributed by atoms with Gasteiger partial charge in [-0.15, -0.1) is 0 Å². The van der Waals surface area contributed by atoms with Gasteiger partial charge in [-0.1, -0.05) is 28.4 Å². The molecule has 0 saturated heterocycles. The minimum absolute atomic E-state index is 0.137. The lowest BCUT2D eigenvalue weighted by atomic mass is 10.3. The van der Waals surface area contributed by atoms with Gasteiger partial charge in [0.05, 0.1) is 4.92 Å². The van der Waals surface area contributed by atoms with Crippen LogP contribution in [0.15, 0.2) is 30.3 Å². The third-order valence-electron chi connectivity index (χ3n) is 0.967. The first kappa shape index (κ1) is 10.0. The maximum Gasteiger partial charge on any atom is 0.269 e. The van der Waals surface area contributed by atoms with Crippen LogP contribution in [0.5, 0.6) is 0 Å². The van der Waals surface area contributed by atoms with Gasteiger partial charge >= 0.3 is 0 Å². The molecule has 0 aliphatic carbocycles. The van der Waals surface area contributed by atoms with Crippen LogP contribution in [0, 0.1) is 19.8 Å². The second-order valence-corrected chi connectivity index (χ2v) is 1.66. The monoisotopic (exact) mass is 171 g/mol. The van der Waals surface area contributed by atoms with E-state index in [0.29, 0.717) is 0 Å². The fraction of sp³-hybridized carbons (Fsp3) is 0. The van der Waals surface area contributed by atoms with Crippen molar-refractivity contribution in [2.75, 3.05) is 0 Å². The summed E-state index contributed by atoms with van der Waals surface area (Å²) in [5, 5.41) is 17.9. The predicted octanol–water partition coefficient (Wildman–Crippen LogP) is 0.473. The zero-order valence-electron chi connectivity index (χ0n) is 5.88. The molecule has 6 nitrogen and oxygen atoms in total. The van der Waals surface area contributed by atoms with E-state index in [0.717, 1.165) is 0 Å². The van der Waals surface area contributed by atoms with Crippen LogP contribution in [0.1, 0.15) is 0 Å². The molecule has 0 heterocycles. The highest BCUT2D eigenvalue weighted by atomic mass is 17.2. The van der Waals surface area contributed by atoms with Gasteiger partial charge in [0, 0.05) is 12.1 Å². The molecule has 0 bridgehead atoms. The zero-order valence-corrected chi connectivity index (χ0v) is 5.88. The first-order valence-electron chi connectivity index (χ1n) is 2.83. The third-order valence-corrected chi connectivity index (χ3v) is 0.967. The standard InChI is InChI=1S/C6H5NO2.O3/c8-7(9)6-4-2-1-3-5-6;1-3-2/h1-5H;. The van der Waals surface area contributed by atoms with Crippen molar-refractivity contribution in [2.24, 2.45) is 0 Å². The van der Waals surface area contributed by atoms with Crippen LogP contribution in [0.3, 0.4) is 0 Å². The van der Waals surface area contributed by atoms with E-state index >= 15 is 0 Å². The van der Waals surface area contributed by atoms with Crippen molar-refractivity contribution >= 4 is 5.69 Å². The van der Waals surface area contributed by atoms with Gasteiger partial charge in [-0.2, -0.15) is 0 Å². The molecule has 0 amide bonds. The van der Waals surface area contributed by atoms with Crippen LogP contribution in [0.4, 0.5) is 5.69 Å². The van der Waals surface area contributed by atoms with Gasteiger partial charge in [-0.05, 0) is 0 Å². The molecule has 0 aliphatic rings. The van der Waals surface area contributed by atoms with Crippen LogP contribution in [-0.2, 0) is 0 Å². The smallest absolute Gasteiger partial charge is 0.258 e. The number of nitro benzene ring substituents is 1. The molecule has 0 aliphatic heterocycles. The molecule has 1 aromatic carbocycles. The summed E-state index contributed by atoms with van der Waals surface area (Å²) in [5.74, 6) is 0. The van der Waals surface area contributed by atoms with Crippen molar-refractivity contribution in [3.05, 3.63) is 50.2 Å². The Balaban J connectivity index is 0.000000354. The van der Waals surface area contributed by atoms with Crippen LogP contribution in [0.2, 0.25) is 0 Å². The fourth-order valence-corrected chi connectivity index (χ4v) is 0.550. The molecule has 1 aromatic rings. The van der Waals surface area contributed by atoms with E-state index in [9.17, 15) is 10.1 Å². The molecule has 0 unspecified atom stereocenters. The molecular formula is C6H5NO5. The number of non-ortho nitro benzene ring substituents is 1. The Bertz CT molecular complexity index is 247. The molecule has 0 radical (unpaired) electrons. The predicted molar refractivity (Wildman–Crippen MR) is 39.8 cm³/mol. The molecule has 6 heteroatoms. The molecule has 0 spiro atoms. The molecule has 0 saturated carbocycles. The molecular weight excluding hydrogens is 166 g/mol. The minimum Gasteiger partial charge on any atom is -0.258 e. The van der Waals surface area contributed by atoms with Gasteiger partial charge in [-0.25, -0.2) is 0 Å². The fourth-order valence-electron chi connectivity index (χ4n) is 0.550. The topological polar surface area (TPSA) is 94.6 Å². The number of nitro groups is 1. The minimum atomic E-state index is -0.417. The lowest BCUT2D eigenvalue weighted by Crippen LogP contribution is -1.84. The van der Waals surface area contributed by atoms with E-state index < -0.39 is 4.92 Å². The summed E-state index contributed by atoms with van der Waals surface area (Å²) in [6.07, 6.45) is 0. The zero-order chi connectivity index (χ0) is 9.40. The molecule has 12 heavy (non-hydrogen) atoms. The lowest BCUT2D eigenvalue weighted by Gasteiger charge is -1.85. The largest absolute Gasteiger partial charge is 0.269 e. The first-order valence-corrected chi connectivity index (χ1v) is 2.83. The number of hydrogen-bond donors (Lipinski definition) is 0. The van der Waals surface area contributed by atoms with Gasteiger partial charge in [0.25, 0.3) is 5.69 Å². The second kappa shape index (κ2) is 5.78. The maximum absolute atomic E-state index is 10.0. The molecule has 0 atom stereocenters. The van der Waals surface area contributed by atoms with Gasteiger partial charge in [0.2, 0.25) is 0 Å². The Kier molecular flexibility index (Phi) is 4.83. The quantitative estimate of drug-likeness (QED) is 0.265. The van der Waals surface area contributed by atoms with E-state index in [2.05, 4.69) is 0 Å². The Morgan fingerprint density at radius 3 is 1.92 bits per heavy atom. The summed E-state index contributed by atoms with van der Waals surface area (Å²) >= 11 is 0. The molecule has 64 valence electrons. The molecule has 1 rings (SSSR count). The van der Waals surface area contributed by atoms with Crippen molar-refractivity contribution in [1.29, 1.82) is 0 Å². The molecule has 0 fully saturated rings. The van der Waals surface area contributed by atoms with Gasteiger partial charge in [0.1, 0.15) is 0 Å². The Morgan fingerprint density at radius 1 is 1.25 bits per heavy atom. The summed E-state index contributed by atoms with van der Waals surface area (Å²) in [7, 11) is 0. The normalized spacial score (nSPS) is 7.67. The van der Waals surface area contributed by atoms with Gasteiger partial charge < -0.3 is 0 Å². The van der Waals surface area contributed by atoms with E-state index in [1.54, 1.807) is 22.9 Å². The number of rotatable bonds is 1. The van der Waals surface area contributed by atoms with Crippen molar-refractivity contribution in [3.8, 4) is 0 Å². The van der Waals surface area contributed by atoms with E-state index in [4.69, 9.17) is 10.2 Å². The maximum atomic E-state index is 10.0. The Morgan fingerprint density at radius 2 is 1.67 bits per heavy atom. The van der Waals surface area contributed by atoms with E-state index in [1.807, 2.05) is 0 Å². The van der Waals surface area contributed by atoms with E-state index in [-0.39, 0.29) is 5.69 Å². The van der Waals surface area contributed by atoms with Gasteiger partial charge in [0.15, 0.2) is 4.75 Å². The summed E-state index contributed by atoms with van der Waals surface area (Å²) in [6.45, 7) is 0. The number of benzene rings is 1. The van der Waals surface area contributed by atoms with Crippen LogP contribution < -0.4 is 5.26 Å². The number of para-hydroxylation sites is 1. The summed E-state index contributed by atoms with van der Waals surface area (Å²) in [6, 6.07) is 7.93. The Labute approximate surface area is 67.1 Å². The van der Waals surface area contributed by atoms with Crippen LogP contribution >= 0.6 is 0 Å². The number of nitrogens with zero attached hydrogens (tertiary/aromatic N) is 1. The van der Waals surface area contributed by atoms with Crippen molar-refractivity contribution < 1.29 is 10.2 Å². The van der Waals surface area contributed by atoms with Crippen molar-refractivity contribution in [2.45, 2.75) is 0 Å². The molecule has 0 N–H and O–H groups in total. The second-order valence-electron chi connectivity index (χ2n) is 1.66. The lowest BCUT2D eigenvalue weighted by molar-refractivity contribution is -0.384. The van der Waals surface area contributed by atoms with Gasteiger partial charge in [-0.3, -0.25) is 10.1 Å². The van der Waals surface area contributed by atoms with Crippen LogP contribution in [-0.4, -0.2) is 4.92 Å². The van der Waals surface area contributed by atoms with E-state index in [1.165, 1.54) is 12.1 Å². The average molecular weight is 171 g/mol. The Hall–Kier alpha value is -1.98. The first-order chi connectivity index (χ1) is 5.72. The van der Waals surface area contributed by atoms with Crippen molar-refractivity contribution in [3.63, 3.8) is 0 Å². The molecule has 0 aromatic heterocycles. The summed E-state index contributed by atoms with van der Waals surface area (Å²) in [5.41, 5.74) is 0.137. The summed E-state index contributed by atoms with van der Waals surface area (Å²) < 4.78 is 1.75. The van der Waals surface area contributed by atoms with Crippen molar-refractivity contribution in [1.82, 2.24) is 0 Å². The third kappa shape index (κ3) is 3.94. The SMILES string of the molecule is O=[N+]([O-])c1ccccc1.O=[O+][O-]. The highest BCUT2D eigenvalue weighted by Crippen LogP contribution is 2.06. The highest BCUT2D eigenvalue weighted by molar-refractivity contribution is 5.27. The van der Waals surface area contributed by atoms with Crippen LogP contribution in [0.25, 0.3) is 0 Å². The average Bonchev–Trinajstić information content (AvgIpc) is 2.07. The summed E-state index contributed by atoms with van der Waals surface area (Å²) in [4.78, 5) is 17.5.